The highest BCUT2D eigenvalue weighted by Crippen LogP contribution is 2.26. The smallest absolute Gasteiger partial charge is 0.325 e. The Balaban J connectivity index is 1.91. The van der Waals surface area contributed by atoms with Crippen molar-refractivity contribution in [3.63, 3.8) is 0 Å². The fourth-order valence-electron chi connectivity index (χ4n) is 3.32. The standard InChI is InChI=1S/C16H30N2O2/c1-4-14-7-5-6-11-18(14)12-10-16(2,15(19)20-3)17-13-8-9-13/h13-14,17H,4-12H2,1-3H3. The van der Waals surface area contributed by atoms with E-state index in [-0.39, 0.29) is 5.97 Å². The first-order valence-electron chi connectivity index (χ1n) is 8.19. The van der Waals surface area contributed by atoms with Crippen LogP contribution in [0.25, 0.3) is 0 Å². The highest BCUT2D eigenvalue weighted by Gasteiger charge is 2.39. The maximum absolute atomic E-state index is 12.1. The summed E-state index contributed by atoms with van der Waals surface area (Å²) in [5.74, 6) is -0.116. The summed E-state index contributed by atoms with van der Waals surface area (Å²) >= 11 is 0. The lowest BCUT2D eigenvalue weighted by Gasteiger charge is -2.38. The first-order valence-corrected chi connectivity index (χ1v) is 8.19. The van der Waals surface area contributed by atoms with Crippen molar-refractivity contribution in [2.24, 2.45) is 0 Å². The minimum absolute atomic E-state index is 0.116. The van der Waals surface area contributed by atoms with Crippen LogP contribution >= 0.6 is 0 Å². The summed E-state index contributed by atoms with van der Waals surface area (Å²) in [5.41, 5.74) is -0.522. The van der Waals surface area contributed by atoms with E-state index in [1.165, 1.54) is 52.2 Å². The molecule has 0 bridgehead atoms. The summed E-state index contributed by atoms with van der Waals surface area (Å²) in [6.45, 7) is 6.44. The van der Waals surface area contributed by atoms with Crippen molar-refractivity contribution in [3.05, 3.63) is 0 Å². The Morgan fingerprint density at radius 1 is 1.35 bits per heavy atom. The van der Waals surface area contributed by atoms with Crippen LogP contribution < -0.4 is 5.32 Å². The van der Waals surface area contributed by atoms with Gasteiger partial charge in [-0.05, 0) is 52.0 Å². The van der Waals surface area contributed by atoms with Crippen molar-refractivity contribution in [2.75, 3.05) is 20.2 Å². The van der Waals surface area contributed by atoms with Gasteiger partial charge in [0, 0.05) is 18.6 Å². The molecule has 2 fully saturated rings. The number of methoxy groups -OCH3 is 1. The van der Waals surface area contributed by atoms with Gasteiger partial charge in [-0.15, -0.1) is 0 Å². The number of carbonyl (C=O) groups is 1. The van der Waals surface area contributed by atoms with Crippen LogP contribution in [0.5, 0.6) is 0 Å². The van der Waals surface area contributed by atoms with E-state index in [0.717, 1.165) is 13.0 Å². The summed E-state index contributed by atoms with van der Waals surface area (Å²) in [4.78, 5) is 14.7. The Morgan fingerprint density at radius 3 is 2.70 bits per heavy atom. The number of ether oxygens (including phenoxy) is 1. The molecule has 0 aromatic rings. The van der Waals surface area contributed by atoms with E-state index in [0.29, 0.717) is 12.1 Å². The van der Waals surface area contributed by atoms with E-state index in [2.05, 4.69) is 17.1 Å². The van der Waals surface area contributed by atoms with Crippen molar-refractivity contribution < 1.29 is 9.53 Å². The molecule has 0 aromatic heterocycles. The van der Waals surface area contributed by atoms with Crippen molar-refractivity contribution >= 4 is 5.97 Å². The molecule has 2 unspecified atom stereocenters. The lowest BCUT2D eigenvalue weighted by atomic mass is 9.94. The van der Waals surface area contributed by atoms with Crippen molar-refractivity contribution in [2.45, 2.75) is 76.4 Å². The number of esters is 1. The second-order valence-electron chi connectivity index (χ2n) is 6.59. The van der Waals surface area contributed by atoms with E-state index < -0.39 is 5.54 Å². The van der Waals surface area contributed by atoms with Crippen LogP contribution in [0.2, 0.25) is 0 Å². The molecule has 0 amide bonds. The number of likely N-dealkylation sites (tertiary alicyclic amines) is 1. The molecule has 2 rings (SSSR count). The Labute approximate surface area is 123 Å². The Hall–Kier alpha value is -0.610. The minimum atomic E-state index is -0.522. The molecule has 20 heavy (non-hydrogen) atoms. The van der Waals surface area contributed by atoms with Crippen LogP contribution in [0.15, 0.2) is 0 Å². The molecule has 1 aliphatic carbocycles. The quantitative estimate of drug-likeness (QED) is 0.728. The predicted octanol–water partition coefficient (Wildman–Crippen LogP) is 2.32. The molecule has 1 heterocycles. The number of piperidine rings is 1. The maximum Gasteiger partial charge on any atom is 0.325 e. The van der Waals surface area contributed by atoms with Gasteiger partial charge in [0.2, 0.25) is 0 Å². The molecule has 116 valence electrons. The van der Waals surface area contributed by atoms with Gasteiger partial charge in [-0.3, -0.25) is 10.1 Å². The summed E-state index contributed by atoms with van der Waals surface area (Å²) in [5, 5.41) is 3.49. The van der Waals surface area contributed by atoms with Crippen LogP contribution in [0.1, 0.15) is 58.8 Å². The van der Waals surface area contributed by atoms with Gasteiger partial charge in [-0.2, -0.15) is 0 Å². The summed E-state index contributed by atoms with van der Waals surface area (Å²) in [7, 11) is 1.49. The third-order valence-electron chi connectivity index (χ3n) is 4.86. The molecule has 1 N–H and O–H groups in total. The number of carbonyl (C=O) groups excluding carboxylic acids is 1. The molecule has 1 saturated heterocycles. The zero-order valence-corrected chi connectivity index (χ0v) is 13.3. The lowest BCUT2D eigenvalue weighted by molar-refractivity contribution is -0.148. The van der Waals surface area contributed by atoms with Gasteiger partial charge in [0.05, 0.1) is 7.11 Å². The van der Waals surface area contributed by atoms with E-state index >= 15 is 0 Å². The van der Waals surface area contributed by atoms with Gasteiger partial charge < -0.3 is 9.64 Å². The molecule has 2 atom stereocenters. The molecule has 2 aliphatic rings. The largest absolute Gasteiger partial charge is 0.468 e. The number of nitrogens with one attached hydrogen (secondary N) is 1. The van der Waals surface area contributed by atoms with Crippen molar-refractivity contribution in [1.82, 2.24) is 10.2 Å². The first kappa shape index (κ1) is 15.8. The maximum atomic E-state index is 12.1. The molecule has 0 aromatic carbocycles. The fraction of sp³-hybridized carbons (Fsp3) is 0.938. The van der Waals surface area contributed by atoms with Crippen molar-refractivity contribution in [1.29, 1.82) is 0 Å². The molecular weight excluding hydrogens is 252 g/mol. The van der Waals surface area contributed by atoms with Gasteiger partial charge >= 0.3 is 5.97 Å². The van der Waals surface area contributed by atoms with Crippen LogP contribution in [-0.2, 0) is 9.53 Å². The van der Waals surface area contributed by atoms with E-state index in [9.17, 15) is 4.79 Å². The van der Waals surface area contributed by atoms with E-state index in [4.69, 9.17) is 4.74 Å². The highest BCUT2D eigenvalue weighted by molar-refractivity contribution is 5.80. The van der Waals surface area contributed by atoms with Gasteiger partial charge in [0.25, 0.3) is 0 Å². The molecule has 1 saturated carbocycles. The molecule has 0 spiro atoms. The zero-order chi connectivity index (χ0) is 14.6. The first-order chi connectivity index (χ1) is 9.59. The molecule has 1 aliphatic heterocycles. The van der Waals surface area contributed by atoms with E-state index in [1.54, 1.807) is 0 Å². The Morgan fingerprint density at radius 2 is 2.10 bits per heavy atom. The van der Waals surface area contributed by atoms with Crippen LogP contribution in [0, 0.1) is 0 Å². The van der Waals surface area contributed by atoms with Gasteiger partial charge in [0.1, 0.15) is 5.54 Å². The Bertz CT molecular complexity index is 330. The monoisotopic (exact) mass is 282 g/mol. The van der Waals surface area contributed by atoms with Crippen LogP contribution in [-0.4, -0.2) is 48.7 Å². The predicted molar refractivity (Wildman–Crippen MR) is 80.7 cm³/mol. The van der Waals surface area contributed by atoms with Crippen molar-refractivity contribution in [3.8, 4) is 0 Å². The molecule has 4 nitrogen and oxygen atoms in total. The van der Waals surface area contributed by atoms with E-state index in [1.807, 2.05) is 6.92 Å². The highest BCUT2D eigenvalue weighted by atomic mass is 16.5. The summed E-state index contributed by atoms with van der Waals surface area (Å²) in [6.07, 6.45) is 8.38. The SMILES string of the molecule is CCC1CCCCN1CCC(C)(NC1CC1)C(=O)OC. The topological polar surface area (TPSA) is 41.6 Å². The third kappa shape index (κ3) is 3.95. The van der Waals surface area contributed by atoms with Crippen LogP contribution in [0.3, 0.4) is 0 Å². The van der Waals surface area contributed by atoms with Gasteiger partial charge in [-0.1, -0.05) is 13.3 Å². The molecular formula is C16H30N2O2. The minimum Gasteiger partial charge on any atom is -0.468 e. The third-order valence-corrected chi connectivity index (χ3v) is 4.86. The summed E-state index contributed by atoms with van der Waals surface area (Å²) in [6, 6.07) is 1.22. The van der Waals surface area contributed by atoms with Crippen LogP contribution in [0.4, 0.5) is 0 Å². The lowest BCUT2D eigenvalue weighted by Crippen LogP contribution is -2.54. The zero-order valence-electron chi connectivity index (χ0n) is 13.3. The molecule has 4 heteroatoms. The molecule has 0 radical (unpaired) electrons. The fourth-order valence-corrected chi connectivity index (χ4v) is 3.32. The normalized spacial score (nSPS) is 27.1. The van der Waals surface area contributed by atoms with Gasteiger partial charge in [-0.25, -0.2) is 0 Å². The number of nitrogens with zero attached hydrogens (tertiary/aromatic N) is 1. The summed E-state index contributed by atoms with van der Waals surface area (Å²) < 4.78 is 5.02. The number of rotatable bonds is 7. The number of hydrogen-bond donors (Lipinski definition) is 1. The Kier molecular flexibility index (Phi) is 5.44. The number of hydrogen-bond acceptors (Lipinski definition) is 4. The average molecular weight is 282 g/mol. The second kappa shape index (κ2) is 6.90. The second-order valence-corrected chi connectivity index (χ2v) is 6.59. The average Bonchev–Trinajstić information content (AvgIpc) is 3.28. The van der Waals surface area contributed by atoms with Gasteiger partial charge in [0.15, 0.2) is 0 Å².